The molecule has 3 heterocycles. The van der Waals surface area contributed by atoms with Crippen LogP contribution in [0.1, 0.15) is 22.6 Å². The molecule has 0 unspecified atom stereocenters. The smallest absolute Gasteiger partial charge is 0.451 e. The van der Waals surface area contributed by atoms with Crippen LogP contribution in [-0.4, -0.2) is 33.5 Å². The molecule has 146 valence electrons. The van der Waals surface area contributed by atoms with Gasteiger partial charge in [0.15, 0.2) is 0 Å². The third-order valence-corrected chi connectivity index (χ3v) is 5.04. The van der Waals surface area contributed by atoms with Crippen molar-refractivity contribution in [1.29, 1.82) is 0 Å². The number of ether oxygens (including phenoxy) is 1. The lowest BCUT2D eigenvalue weighted by molar-refractivity contribution is -0.145. The summed E-state index contributed by atoms with van der Waals surface area (Å²) in [5.41, 5.74) is 2.77. The van der Waals surface area contributed by atoms with Gasteiger partial charge in [0.05, 0.1) is 18.3 Å². The van der Waals surface area contributed by atoms with Gasteiger partial charge in [-0.15, -0.1) is 0 Å². The summed E-state index contributed by atoms with van der Waals surface area (Å²) in [5.74, 6) is -0.359. The zero-order chi connectivity index (χ0) is 19.9. The second kappa shape index (κ2) is 7.18. The van der Waals surface area contributed by atoms with E-state index < -0.39 is 12.0 Å². The van der Waals surface area contributed by atoms with Gasteiger partial charge in [0.25, 0.3) is 0 Å². The minimum atomic E-state index is -4.53. The van der Waals surface area contributed by atoms with Crippen molar-refractivity contribution < 1.29 is 17.9 Å². The molecule has 0 saturated carbocycles. The lowest BCUT2D eigenvalue weighted by Crippen LogP contribution is -2.31. The number of alkyl halides is 3. The molecule has 28 heavy (non-hydrogen) atoms. The fraction of sp³-hybridized carbons (Fsp3) is 0.316. The van der Waals surface area contributed by atoms with E-state index in [1.807, 2.05) is 24.3 Å². The maximum absolute atomic E-state index is 12.8. The Hall–Kier alpha value is -2.45. The molecule has 0 fully saturated rings. The minimum Gasteiger partial charge on any atom is -0.497 e. The van der Waals surface area contributed by atoms with E-state index in [9.17, 15) is 13.2 Å². The van der Waals surface area contributed by atoms with E-state index in [0.29, 0.717) is 42.5 Å². The first kappa shape index (κ1) is 18.9. The molecule has 0 atom stereocenters. The molecule has 0 saturated heterocycles. The molecule has 0 N–H and O–H groups in total. The zero-order valence-electron chi connectivity index (χ0n) is 14.9. The Morgan fingerprint density at radius 1 is 1.21 bits per heavy atom. The molecular formula is C19H16ClF3N4O. The van der Waals surface area contributed by atoms with Crippen LogP contribution >= 0.6 is 11.6 Å². The van der Waals surface area contributed by atoms with Crippen LogP contribution in [0.25, 0.3) is 10.9 Å². The van der Waals surface area contributed by atoms with Gasteiger partial charge in [0.2, 0.25) is 5.82 Å². The standard InChI is InChI=1S/C19H16ClF3N4O/c1-28-14-2-3-15-11(7-14)6-12(17(20)25-15)9-27-5-4-16-13(10-27)8-24-18(26-16)19(21,22)23/h2-3,6-8H,4-5,9-10H2,1H3. The molecule has 9 heteroatoms. The zero-order valence-corrected chi connectivity index (χ0v) is 15.7. The summed E-state index contributed by atoms with van der Waals surface area (Å²) in [6.45, 7) is 1.56. The van der Waals surface area contributed by atoms with Gasteiger partial charge in [0.1, 0.15) is 10.9 Å². The Labute approximate surface area is 164 Å². The summed E-state index contributed by atoms with van der Waals surface area (Å²) < 4.78 is 43.6. The Kier molecular flexibility index (Phi) is 4.84. The lowest BCUT2D eigenvalue weighted by Gasteiger charge is -2.28. The molecule has 2 aromatic heterocycles. The number of hydrogen-bond acceptors (Lipinski definition) is 5. The van der Waals surface area contributed by atoms with Gasteiger partial charge < -0.3 is 4.74 Å². The van der Waals surface area contributed by atoms with Crippen molar-refractivity contribution in [3.8, 4) is 5.75 Å². The first-order chi connectivity index (χ1) is 13.3. The highest BCUT2D eigenvalue weighted by Gasteiger charge is 2.35. The molecule has 1 aliphatic heterocycles. The van der Waals surface area contributed by atoms with Gasteiger partial charge in [-0.3, -0.25) is 4.90 Å². The number of rotatable bonds is 3. The molecule has 0 aliphatic carbocycles. The van der Waals surface area contributed by atoms with E-state index in [1.165, 1.54) is 6.20 Å². The van der Waals surface area contributed by atoms with E-state index in [-0.39, 0.29) is 0 Å². The van der Waals surface area contributed by atoms with Crippen LogP contribution in [0.5, 0.6) is 5.75 Å². The molecule has 4 rings (SSSR count). The third-order valence-electron chi connectivity index (χ3n) is 4.71. The van der Waals surface area contributed by atoms with Gasteiger partial charge in [-0.1, -0.05) is 11.6 Å². The van der Waals surface area contributed by atoms with Gasteiger partial charge in [-0.2, -0.15) is 13.2 Å². The molecule has 0 amide bonds. The van der Waals surface area contributed by atoms with Crippen LogP contribution in [0.3, 0.4) is 0 Å². The maximum atomic E-state index is 12.8. The molecular weight excluding hydrogens is 393 g/mol. The van der Waals surface area contributed by atoms with Crippen LogP contribution in [0.15, 0.2) is 30.5 Å². The predicted molar refractivity (Wildman–Crippen MR) is 98.2 cm³/mol. The summed E-state index contributed by atoms with van der Waals surface area (Å²) in [5, 5.41) is 1.32. The molecule has 5 nitrogen and oxygen atoms in total. The molecule has 3 aromatic rings. The van der Waals surface area contributed by atoms with Crippen LogP contribution in [0.2, 0.25) is 5.15 Å². The molecule has 0 radical (unpaired) electrons. The Bertz CT molecular complexity index is 1040. The monoisotopic (exact) mass is 408 g/mol. The second-order valence-corrected chi connectivity index (χ2v) is 6.98. The molecule has 0 spiro atoms. The summed E-state index contributed by atoms with van der Waals surface area (Å²) >= 11 is 6.35. The van der Waals surface area contributed by atoms with E-state index >= 15 is 0 Å². The normalized spacial score (nSPS) is 14.9. The van der Waals surface area contributed by atoms with Crippen molar-refractivity contribution in [3.05, 3.63) is 58.3 Å². The number of benzene rings is 1. The van der Waals surface area contributed by atoms with Crippen molar-refractivity contribution >= 4 is 22.5 Å². The largest absolute Gasteiger partial charge is 0.497 e. The summed E-state index contributed by atoms with van der Waals surface area (Å²) in [6, 6.07) is 7.52. The number of hydrogen-bond donors (Lipinski definition) is 0. The maximum Gasteiger partial charge on any atom is 0.451 e. The number of methoxy groups -OCH3 is 1. The number of pyridine rings is 1. The highest BCUT2D eigenvalue weighted by Crippen LogP contribution is 2.29. The minimum absolute atomic E-state index is 0.409. The lowest BCUT2D eigenvalue weighted by atomic mass is 10.1. The fourth-order valence-corrected chi connectivity index (χ4v) is 3.51. The fourth-order valence-electron chi connectivity index (χ4n) is 3.30. The molecule has 1 aliphatic rings. The van der Waals surface area contributed by atoms with Crippen molar-refractivity contribution in [1.82, 2.24) is 19.9 Å². The van der Waals surface area contributed by atoms with Gasteiger partial charge in [-0.25, -0.2) is 15.0 Å². The molecule has 1 aromatic carbocycles. The first-order valence-electron chi connectivity index (χ1n) is 8.61. The van der Waals surface area contributed by atoms with Crippen molar-refractivity contribution in [3.63, 3.8) is 0 Å². The quantitative estimate of drug-likeness (QED) is 0.606. The predicted octanol–water partition coefficient (Wildman–Crippen LogP) is 4.26. The Balaban J connectivity index is 1.56. The SMILES string of the molecule is COc1ccc2nc(Cl)c(CN3CCc4nc(C(F)(F)F)ncc4C3)cc2c1. The average Bonchev–Trinajstić information content (AvgIpc) is 2.67. The van der Waals surface area contributed by atoms with Crippen molar-refractivity contribution in [2.45, 2.75) is 25.7 Å². The van der Waals surface area contributed by atoms with Crippen molar-refractivity contribution in [2.75, 3.05) is 13.7 Å². The van der Waals surface area contributed by atoms with Gasteiger partial charge >= 0.3 is 6.18 Å². The topological polar surface area (TPSA) is 51.1 Å². The van der Waals surface area contributed by atoms with Gasteiger partial charge in [-0.05, 0) is 24.3 Å². The third kappa shape index (κ3) is 3.74. The second-order valence-electron chi connectivity index (χ2n) is 6.62. The highest BCUT2D eigenvalue weighted by molar-refractivity contribution is 6.30. The summed E-state index contributed by atoms with van der Waals surface area (Å²) in [4.78, 5) is 13.7. The van der Waals surface area contributed by atoms with Crippen LogP contribution < -0.4 is 4.74 Å². The first-order valence-corrected chi connectivity index (χ1v) is 8.99. The van der Waals surface area contributed by atoms with Crippen molar-refractivity contribution in [2.24, 2.45) is 0 Å². The highest BCUT2D eigenvalue weighted by atomic mass is 35.5. The summed E-state index contributed by atoms with van der Waals surface area (Å²) in [6.07, 6.45) is -2.84. The number of fused-ring (bicyclic) bond motifs is 2. The molecule has 0 bridgehead atoms. The van der Waals surface area contributed by atoms with E-state index in [2.05, 4.69) is 19.9 Å². The summed E-state index contributed by atoms with van der Waals surface area (Å²) in [7, 11) is 1.60. The van der Waals surface area contributed by atoms with Gasteiger partial charge in [0, 0.05) is 48.8 Å². The number of halogens is 4. The van der Waals surface area contributed by atoms with Crippen LogP contribution in [-0.2, 0) is 25.7 Å². The average molecular weight is 409 g/mol. The number of aromatic nitrogens is 3. The Morgan fingerprint density at radius 3 is 2.79 bits per heavy atom. The van der Waals surface area contributed by atoms with E-state index in [4.69, 9.17) is 16.3 Å². The van der Waals surface area contributed by atoms with Crippen LogP contribution in [0, 0.1) is 0 Å². The van der Waals surface area contributed by atoms with Crippen LogP contribution in [0.4, 0.5) is 13.2 Å². The number of nitrogens with zero attached hydrogens (tertiary/aromatic N) is 4. The van der Waals surface area contributed by atoms with E-state index in [0.717, 1.165) is 22.2 Å². The Morgan fingerprint density at radius 2 is 2.04 bits per heavy atom. The van der Waals surface area contributed by atoms with E-state index in [1.54, 1.807) is 7.11 Å².